The van der Waals surface area contributed by atoms with Crippen LogP contribution in [0.3, 0.4) is 0 Å². The first-order valence-electron chi connectivity index (χ1n) is 3.86. The molecule has 64 valence electrons. The van der Waals surface area contributed by atoms with E-state index in [-0.39, 0.29) is 0 Å². The van der Waals surface area contributed by atoms with Crippen molar-refractivity contribution in [1.82, 2.24) is 10.2 Å². The third-order valence-electron chi connectivity index (χ3n) is 2.13. The van der Waals surface area contributed by atoms with Crippen molar-refractivity contribution >= 4 is 5.97 Å². The number of nitrogens with zero attached hydrogens (tertiary/aromatic N) is 1. The normalized spacial score (nSPS) is 26.8. The van der Waals surface area contributed by atoms with Gasteiger partial charge in [-0.3, -0.25) is 5.32 Å². The lowest BCUT2D eigenvalue weighted by Gasteiger charge is -2.26. The molecule has 1 fully saturated rings. The highest BCUT2D eigenvalue weighted by Gasteiger charge is 2.29. The number of carbonyl (C=O) groups is 1. The molecule has 0 aromatic heterocycles. The largest absolute Gasteiger partial charge is 0.479 e. The molecule has 0 aliphatic carbocycles. The number of rotatable bonds is 1. The predicted molar refractivity (Wildman–Crippen MR) is 43.4 cm³/mol. The molecule has 0 saturated carbocycles. The van der Waals surface area contributed by atoms with E-state index in [1.54, 1.807) is 12.2 Å². The van der Waals surface area contributed by atoms with Crippen LogP contribution in [0.25, 0.3) is 0 Å². The first-order valence-corrected chi connectivity index (χ1v) is 3.86. The molecule has 0 bridgehead atoms. The van der Waals surface area contributed by atoms with E-state index in [9.17, 15) is 4.79 Å². The Hall–Kier alpha value is -1.29. The second-order valence-electron chi connectivity index (χ2n) is 2.88. The molecule has 2 heterocycles. The summed E-state index contributed by atoms with van der Waals surface area (Å²) in [5.41, 5.74) is 1.06. The van der Waals surface area contributed by atoms with Crippen LogP contribution in [-0.2, 0) is 4.79 Å². The fourth-order valence-electron chi connectivity index (χ4n) is 1.53. The topological polar surface area (TPSA) is 52.6 Å². The fraction of sp³-hybridized carbons (Fsp3) is 0.375. The lowest BCUT2D eigenvalue weighted by atomic mass is 10.1. The summed E-state index contributed by atoms with van der Waals surface area (Å²) >= 11 is 0. The molecule has 0 spiro atoms. The lowest BCUT2D eigenvalue weighted by molar-refractivity contribution is -0.140. The fourth-order valence-corrected chi connectivity index (χ4v) is 1.53. The summed E-state index contributed by atoms with van der Waals surface area (Å²) in [6.45, 7) is 1.40. The van der Waals surface area contributed by atoms with Gasteiger partial charge in [-0.05, 0) is 6.08 Å². The van der Waals surface area contributed by atoms with Crippen molar-refractivity contribution in [2.24, 2.45) is 0 Å². The summed E-state index contributed by atoms with van der Waals surface area (Å²) in [4.78, 5) is 12.6. The maximum atomic E-state index is 10.7. The predicted octanol–water partition coefficient (Wildman–Crippen LogP) is -0.244. The minimum Gasteiger partial charge on any atom is -0.479 e. The average Bonchev–Trinajstić information content (AvgIpc) is 2.49. The molecule has 4 nitrogen and oxygen atoms in total. The van der Waals surface area contributed by atoms with E-state index in [4.69, 9.17) is 5.11 Å². The Bertz CT molecular complexity index is 270. The second-order valence-corrected chi connectivity index (χ2v) is 2.88. The SMILES string of the molecule is O=C(O)[C@@H]1C=CC=C2CNCN21. The van der Waals surface area contributed by atoms with Gasteiger partial charge >= 0.3 is 5.97 Å². The molecule has 1 saturated heterocycles. The Morgan fingerprint density at radius 3 is 3.33 bits per heavy atom. The molecule has 4 heteroatoms. The summed E-state index contributed by atoms with van der Waals surface area (Å²) in [6, 6.07) is -0.486. The Morgan fingerprint density at radius 1 is 1.75 bits per heavy atom. The van der Waals surface area contributed by atoms with Crippen molar-refractivity contribution in [2.75, 3.05) is 13.2 Å². The summed E-state index contributed by atoms with van der Waals surface area (Å²) in [6.07, 6.45) is 5.44. The van der Waals surface area contributed by atoms with Crippen LogP contribution in [0.4, 0.5) is 0 Å². The first kappa shape index (κ1) is 7.36. The van der Waals surface area contributed by atoms with Crippen LogP contribution in [0.2, 0.25) is 0 Å². The van der Waals surface area contributed by atoms with Crippen LogP contribution in [0, 0.1) is 0 Å². The van der Waals surface area contributed by atoms with E-state index >= 15 is 0 Å². The number of fused-ring (bicyclic) bond motifs is 1. The van der Waals surface area contributed by atoms with E-state index < -0.39 is 12.0 Å². The Kier molecular flexibility index (Phi) is 1.62. The molecule has 0 radical (unpaired) electrons. The molecule has 0 amide bonds. The molecule has 2 aliphatic heterocycles. The first-order chi connectivity index (χ1) is 5.79. The molecule has 0 unspecified atom stereocenters. The number of hydrogen-bond donors (Lipinski definition) is 2. The maximum Gasteiger partial charge on any atom is 0.330 e. The lowest BCUT2D eigenvalue weighted by Crippen LogP contribution is -2.39. The highest BCUT2D eigenvalue weighted by molar-refractivity contribution is 5.77. The van der Waals surface area contributed by atoms with E-state index in [1.807, 2.05) is 11.0 Å². The van der Waals surface area contributed by atoms with Crippen LogP contribution in [0.1, 0.15) is 0 Å². The number of allylic oxidation sites excluding steroid dienone is 2. The number of nitrogens with one attached hydrogen (secondary N) is 1. The third-order valence-corrected chi connectivity index (χ3v) is 2.13. The summed E-state index contributed by atoms with van der Waals surface area (Å²) in [7, 11) is 0. The van der Waals surface area contributed by atoms with Crippen molar-refractivity contribution in [2.45, 2.75) is 6.04 Å². The van der Waals surface area contributed by atoms with Gasteiger partial charge in [-0.2, -0.15) is 0 Å². The van der Waals surface area contributed by atoms with Gasteiger partial charge in [0.1, 0.15) is 6.04 Å². The molecular formula is C8H10N2O2. The van der Waals surface area contributed by atoms with Gasteiger partial charge < -0.3 is 10.0 Å². The van der Waals surface area contributed by atoms with Crippen molar-refractivity contribution in [3.63, 3.8) is 0 Å². The molecule has 2 rings (SSSR count). The van der Waals surface area contributed by atoms with E-state index in [0.29, 0.717) is 6.67 Å². The van der Waals surface area contributed by atoms with Crippen LogP contribution in [0.5, 0.6) is 0 Å². The van der Waals surface area contributed by atoms with Gasteiger partial charge in [0.15, 0.2) is 0 Å². The van der Waals surface area contributed by atoms with Gasteiger partial charge in [0.25, 0.3) is 0 Å². The van der Waals surface area contributed by atoms with Crippen LogP contribution >= 0.6 is 0 Å². The van der Waals surface area contributed by atoms with Crippen LogP contribution in [0.15, 0.2) is 23.9 Å². The molecule has 2 N–H and O–H groups in total. The highest BCUT2D eigenvalue weighted by Crippen LogP contribution is 2.18. The molecule has 1 atom stereocenters. The van der Waals surface area contributed by atoms with Gasteiger partial charge in [-0.25, -0.2) is 4.79 Å². The highest BCUT2D eigenvalue weighted by atomic mass is 16.4. The molecular weight excluding hydrogens is 156 g/mol. The van der Waals surface area contributed by atoms with Crippen molar-refractivity contribution in [3.05, 3.63) is 23.9 Å². The molecule has 0 aromatic rings. The zero-order chi connectivity index (χ0) is 8.55. The summed E-state index contributed by atoms with van der Waals surface area (Å²) in [5, 5.41) is 11.9. The zero-order valence-electron chi connectivity index (χ0n) is 6.53. The standard InChI is InChI=1S/C8H10N2O2/c11-8(12)7-3-1-2-6-4-9-5-10(6)7/h1-3,7,9H,4-5H2,(H,11,12)/t7-/m0/s1. The van der Waals surface area contributed by atoms with Gasteiger partial charge in [-0.1, -0.05) is 12.2 Å². The minimum atomic E-state index is -0.791. The number of hydrogen-bond acceptors (Lipinski definition) is 3. The molecule has 12 heavy (non-hydrogen) atoms. The van der Waals surface area contributed by atoms with E-state index in [2.05, 4.69) is 5.32 Å². The molecule has 2 aliphatic rings. The van der Waals surface area contributed by atoms with Crippen molar-refractivity contribution in [3.8, 4) is 0 Å². The van der Waals surface area contributed by atoms with Crippen molar-refractivity contribution in [1.29, 1.82) is 0 Å². The Labute approximate surface area is 70.2 Å². The average molecular weight is 166 g/mol. The van der Waals surface area contributed by atoms with Gasteiger partial charge in [0.2, 0.25) is 0 Å². The number of aliphatic carboxylic acids is 1. The van der Waals surface area contributed by atoms with Crippen molar-refractivity contribution < 1.29 is 9.90 Å². The smallest absolute Gasteiger partial charge is 0.330 e. The number of carboxylic acids is 1. The monoisotopic (exact) mass is 166 g/mol. The van der Waals surface area contributed by atoms with Gasteiger partial charge in [0.05, 0.1) is 6.67 Å². The Balaban J connectivity index is 2.24. The van der Waals surface area contributed by atoms with Gasteiger partial charge in [-0.15, -0.1) is 0 Å². The van der Waals surface area contributed by atoms with E-state index in [1.165, 1.54) is 0 Å². The summed E-state index contributed by atoms with van der Waals surface area (Å²) in [5.74, 6) is -0.791. The van der Waals surface area contributed by atoms with E-state index in [0.717, 1.165) is 12.2 Å². The zero-order valence-corrected chi connectivity index (χ0v) is 6.53. The van der Waals surface area contributed by atoms with Gasteiger partial charge in [0, 0.05) is 12.2 Å². The maximum absolute atomic E-state index is 10.7. The molecule has 0 aromatic carbocycles. The number of carboxylic acid groups (broad SMARTS) is 1. The van der Waals surface area contributed by atoms with Crippen LogP contribution < -0.4 is 5.32 Å². The quantitative estimate of drug-likeness (QED) is 0.564. The Morgan fingerprint density at radius 2 is 2.58 bits per heavy atom. The second kappa shape index (κ2) is 2.64. The minimum absolute atomic E-state index is 0.486. The third kappa shape index (κ3) is 1.00. The van der Waals surface area contributed by atoms with Crippen LogP contribution in [-0.4, -0.2) is 35.2 Å². The summed E-state index contributed by atoms with van der Waals surface area (Å²) < 4.78 is 0.